The van der Waals surface area contributed by atoms with Gasteiger partial charge in [0.25, 0.3) is 0 Å². The number of amides is 2. The highest BCUT2D eigenvalue weighted by Gasteiger charge is 2.21. The molecule has 150 valence electrons. The molecule has 0 saturated carbocycles. The third kappa shape index (κ3) is 11.0. The van der Waals surface area contributed by atoms with E-state index < -0.39 is 23.4 Å². The van der Waals surface area contributed by atoms with Crippen LogP contribution in [0.25, 0.3) is 0 Å². The Balaban J connectivity index is 2.94. The second kappa shape index (κ2) is 9.54. The zero-order valence-corrected chi connectivity index (χ0v) is 19.4. The van der Waals surface area contributed by atoms with Crippen LogP contribution < -0.4 is 10.6 Å². The van der Waals surface area contributed by atoms with Crippen molar-refractivity contribution in [1.29, 1.82) is 0 Å². The lowest BCUT2D eigenvalue weighted by Crippen LogP contribution is -2.47. The van der Waals surface area contributed by atoms with Gasteiger partial charge in [0.15, 0.2) is 0 Å². The molecule has 1 aromatic carbocycles. The zero-order valence-electron chi connectivity index (χ0n) is 16.3. The van der Waals surface area contributed by atoms with E-state index in [1.54, 1.807) is 41.5 Å². The van der Waals surface area contributed by atoms with Crippen molar-refractivity contribution in [2.75, 3.05) is 0 Å². The van der Waals surface area contributed by atoms with Crippen LogP contribution in [0.1, 0.15) is 47.1 Å². The van der Waals surface area contributed by atoms with Gasteiger partial charge in [0.2, 0.25) is 5.96 Å². The van der Waals surface area contributed by atoms with Crippen LogP contribution in [0, 0.1) is 0 Å². The number of halogens is 2. The van der Waals surface area contributed by atoms with Crippen LogP contribution in [0.15, 0.2) is 32.1 Å². The van der Waals surface area contributed by atoms with Crippen molar-refractivity contribution < 1.29 is 19.1 Å². The number of carbonyl (C=O) groups is 2. The Morgan fingerprint density at radius 1 is 0.889 bits per heavy atom. The predicted octanol–water partition coefficient (Wildman–Crippen LogP) is 5.12. The second-order valence-electron chi connectivity index (χ2n) is 7.70. The van der Waals surface area contributed by atoms with Gasteiger partial charge in [-0.15, -0.1) is 0 Å². The SMILES string of the molecule is CC(C)(C)OC(=O)NC(=NCc1cc(Br)cc(Br)c1)NC(=O)OC(C)(C)C. The zero-order chi connectivity index (χ0) is 20.8. The maximum atomic E-state index is 12.0. The van der Waals surface area contributed by atoms with Crippen LogP contribution >= 0.6 is 31.9 Å². The molecule has 0 heterocycles. The number of nitrogens with one attached hydrogen (secondary N) is 2. The van der Waals surface area contributed by atoms with Crippen molar-refractivity contribution in [2.24, 2.45) is 4.99 Å². The minimum Gasteiger partial charge on any atom is -0.444 e. The summed E-state index contributed by atoms with van der Waals surface area (Å²) in [5.41, 5.74) is -0.502. The monoisotopic (exact) mass is 505 g/mol. The van der Waals surface area contributed by atoms with Gasteiger partial charge in [-0.2, -0.15) is 0 Å². The summed E-state index contributed by atoms with van der Waals surface area (Å²) < 4.78 is 12.2. The maximum Gasteiger partial charge on any atom is 0.414 e. The highest BCUT2D eigenvalue weighted by atomic mass is 79.9. The van der Waals surface area contributed by atoms with Gasteiger partial charge < -0.3 is 9.47 Å². The summed E-state index contributed by atoms with van der Waals surface area (Å²) in [6, 6.07) is 5.66. The van der Waals surface area contributed by atoms with Crippen LogP contribution in [0.4, 0.5) is 9.59 Å². The molecule has 0 aromatic heterocycles. The Morgan fingerprint density at radius 2 is 1.30 bits per heavy atom. The first-order valence-corrected chi connectivity index (χ1v) is 9.81. The number of alkyl carbamates (subject to hydrolysis) is 2. The van der Waals surface area contributed by atoms with Crippen LogP contribution in [0.5, 0.6) is 0 Å². The quantitative estimate of drug-likeness (QED) is 0.430. The summed E-state index contributed by atoms with van der Waals surface area (Å²) in [5.74, 6) is -0.0606. The molecule has 27 heavy (non-hydrogen) atoms. The summed E-state index contributed by atoms with van der Waals surface area (Å²) in [4.78, 5) is 28.3. The fourth-order valence-electron chi connectivity index (χ4n) is 1.78. The number of guanidine groups is 1. The Hall–Kier alpha value is -1.61. The van der Waals surface area contributed by atoms with Crippen molar-refractivity contribution in [2.45, 2.75) is 59.3 Å². The molecule has 1 aromatic rings. The van der Waals surface area contributed by atoms with Gasteiger partial charge in [-0.3, -0.25) is 10.6 Å². The molecule has 0 aliphatic rings. The first kappa shape index (κ1) is 23.4. The largest absolute Gasteiger partial charge is 0.444 e. The van der Waals surface area contributed by atoms with Gasteiger partial charge >= 0.3 is 12.2 Å². The van der Waals surface area contributed by atoms with E-state index >= 15 is 0 Å². The molecule has 0 bridgehead atoms. The van der Waals surface area contributed by atoms with Crippen LogP contribution in [0.2, 0.25) is 0 Å². The average molecular weight is 507 g/mol. The Morgan fingerprint density at radius 3 is 1.67 bits per heavy atom. The lowest BCUT2D eigenvalue weighted by molar-refractivity contribution is 0.0545. The molecular formula is C18H25Br2N3O4. The van der Waals surface area contributed by atoms with E-state index in [1.165, 1.54) is 0 Å². The van der Waals surface area contributed by atoms with Crippen molar-refractivity contribution in [3.05, 3.63) is 32.7 Å². The molecule has 0 aliphatic carbocycles. The van der Waals surface area contributed by atoms with Crippen molar-refractivity contribution in [3.63, 3.8) is 0 Å². The Kier molecular flexibility index (Phi) is 8.28. The van der Waals surface area contributed by atoms with E-state index in [1.807, 2.05) is 18.2 Å². The fourth-order valence-corrected chi connectivity index (χ4v) is 3.17. The van der Waals surface area contributed by atoms with Crippen molar-refractivity contribution >= 4 is 50.0 Å². The highest BCUT2D eigenvalue weighted by Crippen LogP contribution is 2.20. The Labute approximate surface area is 176 Å². The summed E-state index contributed by atoms with van der Waals surface area (Å²) in [7, 11) is 0. The van der Waals surface area contributed by atoms with E-state index in [9.17, 15) is 9.59 Å². The summed E-state index contributed by atoms with van der Waals surface area (Å²) in [6.45, 7) is 10.7. The van der Waals surface area contributed by atoms with Crippen LogP contribution in [-0.4, -0.2) is 29.3 Å². The number of ether oxygens (including phenoxy) is 2. The third-order valence-electron chi connectivity index (χ3n) is 2.58. The van der Waals surface area contributed by atoms with E-state index in [4.69, 9.17) is 9.47 Å². The van der Waals surface area contributed by atoms with Crippen molar-refractivity contribution in [3.8, 4) is 0 Å². The molecule has 0 saturated heterocycles. The van der Waals surface area contributed by atoms with Crippen LogP contribution in [0.3, 0.4) is 0 Å². The van der Waals surface area contributed by atoms with E-state index in [0.29, 0.717) is 0 Å². The van der Waals surface area contributed by atoms with E-state index in [2.05, 4.69) is 47.5 Å². The summed E-state index contributed by atoms with van der Waals surface area (Å²) >= 11 is 6.82. The number of hydrogen-bond acceptors (Lipinski definition) is 5. The minimum atomic E-state index is -0.729. The van der Waals surface area contributed by atoms with E-state index in [0.717, 1.165) is 14.5 Å². The molecule has 0 aliphatic heterocycles. The molecule has 9 heteroatoms. The molecule has 2 amide bonds. The van der Waals surface area contributed by atoms with E-state index in [-0.39, 0.29) is 12.5 Å². The van der Waals surface area contributed by atoms with Crippen LogP contribution in [-0.2, 0) is 16.0 Å². The predicted molar refractivity (Wildman–Crippen MR) is 112 cm³/mol. The van der Waals surface area contributed by atoms with Gasteiger partial charge in [-0.25, -0.2) is 14.6 Å². The normalized spacial score (nSPS) is 11.4. The number of carbonyl (C=O) groups excluding carboxylic acids is 2. The number of hydrogen-bond donors (Lipinski definition) is 2. The topological polar surface area (TPSA) is 89.0 Å². The lowest BCUT2D eigenvalue weighted by atomic mass is 10.2. The summed E-state index contributed by atoms with van der Waals surface area (Å²) in [5, 5.41) is 4.89. The first-order chi connectivity index (χ1) is 12.2. The van der Waals surface area contributed by atoms with Crippen molar-refractivity contribution in [1.82, 2.24) is 10.6 Å². The molecule has 0 spiro atoms. The fraction of sp³-hybridized carbons (Fsp3) is 0.500. The van der Waals surface area contributed by atoms with Gasteiger partial charge in [-0.1, -0.05) is 31.9 Å². The molecule has 2 N–H and O–H groups in total. The molecular weight excluding hydrogens is 482 g/mol. The minimum absolute atomic E-state index is 0.0606. The van der Waals surface area contributed by atoms with Gasteiger partial charge in [0.05, 0.1) is 6.54 Å². The third-order valence-corrected chi connectivity index (χ3v) is 3.50. The molecule has 7 nitrogen and oxygen atoms in total. The number of nitrogens with zero attached hydrogens (tertiary/aromatic N) is 1. The molecule has 0 unspecified atom stereocenters. The molecule has 0 atom stereocenters. The molecule has 0 fully saturated rings. The molecule has 0 radical (unpaired) electrons. The smallest absolute Gasteiger partial charge is 0.414 e. The number of benzene rings is 1. The number of rotatable bonds is 2. The number of aliphatic imine (C=N–C) groups is 1. The summed E-state index contributed by atoms with van der Waals surface area (Å²) in [6.07, 6.45) is -1.46. The second-order valence-corrected chi connectivity index (χ2v) is 9.53. The van der Waals surface area contributed by atoms with Gasteiger partial charge in [0, 0.05) is 8.95 Å². The first-order valence-electron chi connectivity index (χ1n) is 8.23. The molecule has 1 rings (SSSR count). The van der Waals surface area contributed by atoms with Gasteiger partial charge in [0.1, 0.15) is 11.2 Å². The Bertz CT molecular complexity index is 670. The van der Waals surface area contributed by atoms with Gasteiger partial charge in [-0.05, 0) is 65.3 Å². The maximum absolute atomic E-state index is 12.0. The average Bonchev–Trinajstić information content (AvgIpc) is 2.39. The highest BCUT2D eigenvalue weighted by molar-refractivity contribution is 9.11. The standard InChI is InChI=1S/C18H25Br2N3O4/c1-17(2,3)26-15(24)22-14(23-16(25)27-18(4,5)6)21-10-11-7-12(19)9-13(20)8-11/h7-9H,10H2,1-6H3,(H2,21,22,23,24,25). The lowest BCUT2D eigenvalue weighted by Gasteiger charge is -2.22.